The summed E-state index contributed by atoms with van der Waals surface area (Å²) in [4.78, 5) is 0. The van der Waals surface area contributed by atoms with Crippen LogP contribution in [0.5, 0.6) is 0 Å². The molecule has 0 saturated carbocycles. The van der Waals surface area contributed by atoms with E-state index in [-0.39, 0.29) is 18.0 Å². The molecule has 6 nitrogen and oxygen atoms in total. The highest BCUT2D eigenvalue weighted by atomic mass is 32.2. The van der Waals surface area contributed by atoms with Gasteiger partial charge in [0, 0.05) is 0 Å². The van der Waals surface area contributed by atoms with Crippen LogP contribution in [0.3, 0.4) is 0 Å². The summed E-state index contributed by atoms with van der Waals surface area (Å²) < 4.78 is 51.8. The van der Waals surface area contributed by atoms with Crippen LogP contribution >= 0.6 is 7.60 Å². The zero-order valence-corrected chi connectivity index (χ0v) is 15.0. The molecule has 0 amide bonds. The van der Waals surface area contributed by atoms with Crippen LogP contribution in [0, 0.1) is 0 Å². The van der Waals surface area contributed by atoms with E-state index in [1.807, 2.05) is 0 Å². The van der Waals surface area contributed by atoms with E-state index < -0.39 is 24.1 Å². The van der Waals surface area contributed by atoms with Crippen molar-refractivity contribution in [3.63, 3.8) is 0 Å². The standard InChI is InChI=1S/C14H23O6PS/c1-12(2)19-21(15,20-13(3)4)11-18-22(16,17)10-14-8-6-5-7-9-14/h5-9,12-13H,10-11H2,1-4H3. The minimum Gasteiger partial charge on any atom is -0.304 e. The topological polar surface area (TPSA) is 78.9 Å². The molecule has 0 aliphatic carbocycles. The lowest BCUT2D eigenvalue weighted by Gasteiger charge is -2.22. The minimum absolute atomic E-state index is 0.294. The van der Waals surface area contributed by atoms with Crippen molar-refractivity contribution in [1.82, 2.24) is 0 Å². The van der Waals surface area contributed by atoms with Gasteiger partial charge in [-0.1, -0.05) is 30.3 Å². The van der Waals surface area contributed by atoms with Crippen molar-refractivity contribution in [1.29, 1.82) is 0 Å². The van der Waals surface area contributed by atoms with Gasteiger partial charge in [-0.25, -0.2) is 0 Å². The quantitative estimate of drug-likeness (QED) is 0.501. The molecule has 0 saturated heterocycles. The molecule has 0 spiro atoms. The summed E-state index contributed by atoms with van der Waals surface area (Å²) in [6.07, 6.45) is -1.37. The Morgan fingerprint density at radius 2 is 1.50 bits per heavy atom. The zero-order chi connectivity index (χ0) is 16.8. The smallest absolute Gasteiger partial charge is 0.304 e. The van der Waals surface area contributed by atoms with Crippen molar-refractivity contribution in [2.45, 2.75) is 45.7 Å². The van der Waals surface area contributed by atoms with Gasteiger partial charge in [0.15, 0.2) is 6.35 Å². The summed E-state index contributed by atoms with van der Waals surface area (Å²) in [5, 5.41) is 0. The summed E-state index contributed by atoms with van der Waals surface area (Å²) in [5.41, 5.74) is 0.590. The van der Waals surface area contributed by atoms with E-state index in [1.54, 1.807) is 58.0 Å². The maximum absolute atomic E-state index is 12.5. The lowest BCUT2D eigenvalue weighted by Crippen LogP contribution is -2.15. The molecule has 0 atom stereocenters. The summed E-state index contributed by atoms with van der Waals surface area (Å²) in [5.74, 6) is -0.294. The first-order chi connectivity index (χ1) is 10.1. The van der Waals surface area contributed by atoms with E-state index >= 15 is 0 Å². The van der Waals surface area contributed by atoms with Crippen LogP contribution in [-0.4, -0.2) is 27.0 Å². The van der Waals surface area contributed by atoms with Crippen LogP contribution in [-0.2, 0) is 33.7 Å². The molecule has 0 unspecified atom stereocenters. The maximum Gasteiger partial charge on any atom is 0.358 e. The number of rotatable bonds is 9. The highest BCUT2D eigenvalue weighted by Gasteiger charge is 2.31. The Morgan fingerprint density at radius 1 is 1.00 bits per heavy atom. The summed E-state index contributed by atoms with van der Waals surface area (Å²) in [7, 11) is -7.51. The van der Waals surface area contributed by atoms with Gasteiger partial charge in [-0.15, -0.1) is 0 Å². The molecule has 0 N–H and O–H groups in total. The van der Waals surface area contributed by atoms with Gasteiger partial charge in [0.1, 0.15) is 5.75 Å². The highest BCUT2D eigenvalue weighted by Crippen LogP contribution is 2.50. The molecule has 22 heavy (non-hydrogen) atoms. The van der Waals surface area contributed by atoms with Crippen LogP contribution in [0.1, 0.15) is 33.3 Å². The van der Waals surface area contributed by atoms with Crippen molar-refractivity contribution < 1.29 is 26.2 Å². The first-order valence-electron chi connectivity index (χ1n) is 6.99. The summed E-state index contributed by atoms with van der Waals surface area (Å²) in [6, 6.07) is 8.61. The fourth-order valence-electron chi connectivity index (χ4n) is 1.69. The van der Waals surface area contributed by atoms with Gasteiger partial charge in [-0.2, -0.15) is 8.42 Å². The lowest BCUT2D eigenvalue weighted by atomic mass is 10.2. The Bertz CT molecular complexity index is 583. The first-order valence-corrected chi connectivity index (χ1v) is 10.3. The molecule has 0 radical (unpaired) electrons. The van der Waals surface area contributed by atoms with E-state index in [4.69, 9.17) is 13.2 Å². The molecule has 0 bridgehead atoms. The van der Waals surface area contributed by atoms with Gasteiger partial charge in [0.2, 0.25) is 0 Å². The van der Waals surface area contributed by atoms with Crippen molar-refractivity contribution in [2.24, 2.45) is 0 Å². The second-order valence-electron chi connectivity index (χ2n) is 5.35. The second-order valence-corrected chi connectivity index (χ2v) is 8.90. The third-order valence-electron chi connectivity index (χ3n) is 2.32. The molecule has 0 fully saturated rings. The molecule has 0 aliphatic rings. The predicted octanol–water partition coefficient (Wildman–Crippen LogP) is 3.53. The average Bonchev–Trinajstić information content (AvgIpc) is 2.35. The molecule has 0 aliphatic heterocycles. The largest absolute Gasteiger partial charge is 0.358 e. The fraction of sp³-hybridized carbons (Fsp3) is 0.571. The van der Waals surface area contributed by atoms with E-state index in [9.17, 15) is 13.0 Å². The summed E-state index contributed by atoms with van der Waals surface area (Å²) in [6.45, 7) is 6.76. The number of hydrogen-bond acceptors (Lipinski definition) is 6. The summed E-state index contributed by atoms with van der Waals surface area (Å²) >= 11 is 0. The van der Waals surface area contributed by atoms with Gasteiger partial charge in [-0.05, 0) is 33.3 Å². The van der Waals surface area contributed by atoms with Crippen LogP contribution < -0.4 is 0 Å². The van der Waals surface area contributed by atoms with Crippen molar-refractivity contribution in [3.8, 4) is 0 Å². The molecule has 0 aromatic heterocycles. The van der Waals surface area contributed by atoms with E-state index in [0.29, 0.717) is 5.56 Å². The Morgan fingerprint density at radius 3 is 1.95 bits per heavy atom. The van der Waals surface area contributed by atoms with E-state index in [1.165, 1.54) is 0 Å². The Balaban J connectivity index is 2.72. The van der Waals surface area contributed by atoms with Crippen molar-refractivity contribution in [3.05, 3.63) is 35.9 Å². The molecular weight excluding hydrogens is 327 g/mol. The van der Waals surface area contributed by atoms with Crippen LogP contribution in [0.15, 0.2) is 30.3 Å². The Kier molecular flexibility index (Phi) is 7.22. The first kappa shape index (κ1) is 19.3. The number of benzene rings is 1. The zero-order valence-electron chi connectivity index (χ0n) is 13.3. The van der Waals surface area contributed by atoms with Gasteiger partial charge in [0.25, 0.3) is 10.1 Å². The lowest BCUT2D eigenvalue weighted by molar-refractivity contribution is 0.129. The molecular formula is C14H23O6PS. The molecule has 1 aromatic carbocycles. The van der Waals surface area contributed by atoms with Crippen LogP contribution in [0.25, 0.3) is 0 Å². The molecule has 126 valence electrons. The molecule has 1 aromatic rings. The second kappa shape index (κ2) is 8.22. The Labute approximate surface area is 132 Å². The van der Waals surface area contributed by atoms with Crippen LogP contribution in [0.2, 0.25) is 0 Å². The van der Waals surface area contributed by atoms with Crippen LogP contribution in [0.4, 0.5) is 0 Å². The minimum atomic E-state index is -3.87. The Hall–Kier alpha value is -0.720. The third-order valence-corrected chi connectivity index (χ3v) is 5.59. The van der Waals surface area contributed by atoms with Gasteiger partial charge in [-0.3, -0.25) is 8.75 Å². The molecule has 0 heterocycles. The van der Waals surface area contributed by atoms with Crippen molar-refractivity contribution in [2.75, 3.05) is 6.35 Å². The predicted molar refractivity (Wildman–Crippen MR) is 85.1 cm³/mol. The highest BCUT2D eigenvalue weighted by molar-refractivity contribution is 7.86. The van der Waals surface area contributed by atoms with Crippen molar-refractivity contribution >= 4 is 17.7 Å². The SMILES string of the molecule is CC(C)OP(=O)(COS(=O)(=O)Cc1ccccc1)OC(C)C. The number of hydrogen-bond donors (Lipinski definition) is 0. The van der Waals surface area contributed by atoms with Gasteiger partial charge < -0.3 is 9.05 Å². The molecule has 1 rings (SSSR count). The van der Waals surface area contributed by atoms with Gasteiger partial charge in [0.05, 0.1) is 12.2 Å². The normalized spacial score (nSPS) is 13.0. The average molecular weight is 350 g/mol. The van der Waals surface area contributed by atoms with E-state index in [2.05, 4.69) is 0 Å². The maximum atomic E-state index is 12.5. The molecule has 8 heteroatoms. The monoisotopic (exact) mass is 350 g/mol. The third kappa shape index (κ3) is 7.51. The van der Waals surface area contributed by atoms with Gasteiger partial charge >= 0.3 is 7.60 Å². The fourth-order valence-corrected chi connectivity index (χ4v) is 4.99. The van der Waals surface area contributed by atoms with E-state index in [0.717, 1.165) is 0 Å².